The highest BCUT2D eigenvalue weighted by Crippen LogP contribution is 2.18. The van der Waals surface area contributed by atoms with Gasteiger partial charge in [0.15, 0.2) is 5.16 Å². The van der Waals surface area contributed by atoms with Crippen LogP contribution in [0.25, 0.3) is 0 Å². The number of carbonyl (C=O) groups excluding carboxylic acids is 1. The molecule has 1 heterocycles. The SMILES string of the molecule is CC(C)COc1cccc(CNC(=O)CSc2nncn2C(C)C)c1. The lowest BCUT2D eigenvalue weighted by atomic mass is 10.2. The Labute approximate surface area is 153 Å². The maximum Gasteiger partial charge on any atom is 0.230 e. The molecule has 0 aliphatic carbocycles. The molecule has 25 heavy (non-hydrogen) atoms. The smallest absolute Gasteiger partial charge is 0.230 e. The van der Waals surface area contributed by atoms with Crippen LogP contribution < -0.4 is 10.1 Å². The fourth-order valence-corrected chi connectivity index (χ4v) is 2.95. The van der Waals surface area contributed by atoms with E-state index in [4.69, 9.17) is 4.74 Å². The monoisotopic (exact) mass is 362 g/mol. The maximum atomic E-state index is 12.1. The minimum Gasteiger partial charge on any atom is -0.493 e. The summed E-state index contributed by atoms with van der Waals surface area (Å²) in [6.45, 7) is 9.51. The van der Waals surface area contributed by atoms with Crippen LogP contribution in [0.15, 0.2) is 35.7 Å². The molecule has 1 aromatic heterocycles. The van der Waals surface area contributed by atoms with Crippen molar-refractivity contribution in [2.75, 3.05) is 12.4 Å². The van der Waals surface area contributed by atoms with Gasteiger partial charge in [-0.3, -0.25) is 4.79 Å². The highest BCUT2D eigenvalue weighted by molar-refractivity contribution is 7.99. The summed E-state index contributed by atoms with van der Waals surface area (Å²) in [5.41, 5.74) is 1.02. The largest absolute Gasteiger partial charge is 0.493 e. The van der Waals surface area contributed by atoms with E-state index in [-0.39, 0.29) is 11.9 Å². The van der Waals surface area contributed by atoms with Crippen molar-refractivity contribution in [2.45, 2.75) is 45.4 Å². The quantitative estimate of drug-likeness (QED) is 0.693. The van der Waals surface area contributed by atoms with Gasteiger partial charge in [-0.2, -0.15) is 0 Å². The second kappa shape index (κ2) is 9.46. The van der Waals surface area contributed by atoms with Crippen molar-refractivity contribution < 1.29 is 9.53 Å². The molecule has 2 rings (SSSR count). The van der Waals surface area contributed by atoms with Gasteiger partial charge in [-0.05, 0) is 37.5 Å². The van der Waals surface area contributed by atoms with Crippen molar-refractivity contribution in [1.29, 1.82) is 0 Å². The lowest BCUT2D eigenvalue weighted by molar-refractivity contribution is -0.118. The molecule has 0 saturated heterocycles. The number of thioether (sulfide) groups is 1. The highest BCUT2D eigenvalue weighted by atomic mass is 32.2. The van der Waals surface area contributed by atoms with E-state index in [1.807, 2.05) is 28.8 Å². The molecule has 7 heteroatoms. The van der Waals surface area contributed by atoms with Crippen molar-refractivity contribution in [2.24, 2.45) is 5.92 Å². The van der Waals surface area contributed by atoms with Gasteiger partial charge in [0, 0.05) is 12.6 Å². The van der Waals surface area contributed by atoms with E-state index in [0.717, 1.165) is 16.5 Å². The number of benzene rings is 1. The van der Waals surface area contributed by atoms with Crippen molar-refractivity contribution >= 4 is 17.7 Å². The van der Waals surface area contributed by atoms with Gasteiger partial charge >= 0.3 is 0 Å². The van der Waals surface area contributed by atoms with Crippen molar-refractivity contribution in [1.82, 2.24) is 20.1 Å². The van der Waals surface area contributed by atoms with Gasteiger partial charge in [0.25, 0.3) is 0 Å². The molecule has 0 saturated carbocycles. The Kier molecular flexibility index (Phi) is 7.31. The fourth-order valence-electron chi connectivity index (χ4n) is 2.08. The van der Waals surface area contributed by atoms with E-state index in [1.54, 1.807) is 6.33 Å². The van der Waals surface area contributed by atoms with Gasteiger partial charge < -0.3 is 14.6 Å². The molecule has 0 radical (unpaired) electrons. The van der Waals surface area contributed by atoms with Gasteiger partial charge in [0.05, 0.1) is 12.4 Å². The average molecular weight is 362 g/mol. The molecule has 0 spiro atoms. The van der Waals surface area contributed by atoms with Gasteiger partial charge in [-0.1, -0.05) is 37.7 Å². The predicted octanol–water partition coefficient (Wildman–Crippen LogP) is 3.30. The van der Waals surface area contributed by atoms with E-state index in [1.165, 1.54) is 11.8 Å². The molecule has 0 atom stereocenters. The zero-order valence-electron chi connectivity index (χ0n) is 15.2. The van der Waals surface area contributed by atoms with Crippen LogP contribution in [-0.4, -0.2) is 33.0 Å². The number of hydrogen-bond donors (Lipinski definition) is 1. The Balaban J connectivity index is 1.80. The van der Waals surface area contributed by atoms with Crippen molar-refractivity contribution in [3.8, 4) is 5.75 Å². The number of amides is 1. The number of hydrogen-bond acceptors (Lipinski definition) is 5. The number of ether oxygens (including phenoxy) is 1. The first-order chi connectivity index (χ1) is 12.0. The van der Waals surface area contributed by atoms with Gasteiger partial charge in [0.2, 0.25) is 5.91 Å². The predicted molar refractivity (Wildman–Crippen MR) is 99.8 cm³/mol. The van der Waals surface area contributed by atoms with Crippen LogP contribution in [-0.2, 0) is 11.3 Å². The molecule has 1 aromatic carbocycles. The first-order valence-electron chi connectivity index (χ1n) is 8.46. The van der Waals surface area contributed by atoms with E-state index < -0.39 is 0 Å². The second-order valence-corrected chi connectivity index (χ2v) is 7.47. The Hall–Kier alpha value is -2.02. The zero-order valence-corrected chi connectivity index (χ0v) is 16.0. The summed E-state index contributed by atoms with van der Waals surface area (Å²) in [4.78, 5) is 12.1. The van der Waals surface area contributed by atoms with E-state index in [9.17, 15) is 4.79 Å². The number of nitrogens with zero attached hydrogens (tertiary/aromatic N) is 3. The first-order valence-corrected chi connectivity index (χ1v) is 9.45. The Morgan fingerprint density at radius 1 is 1.32 bits per heavy atom. The molecule has 136 valence electrons. The van der Waals surface area contributed by atoms with Gasteiger partial charge in [-0.25, -0.2) is 0 Å². The molecule has 2 aromatic rings. The third kappa shape index (κ3) is 6.42. The normalized spacial score (nSPS) is 11.1. The van der Waals surface area contributed by atoms with Crippen LogP contribution in [0.5, 0.6) is 5.75 Å². The maximum absolute atomic E-state index is 12.1. The van der Waals surface area contributed by atoms with Gasteiger partial charge in [0.1, 0.15) is 12.1 Å². The van der Waals surface area contributed by atoms with E-state index in [2.05, 4.69) is 43.2 Å². The zero-order chi connectivity index (χ0) is 18.2. The standard InChI is InChI=1S/C18H26N4O2S/c1-13(2)10-24-16-7-5-6-15(8-16)9-19-17(23)11-25-18-21-20-12-22(18)14(3)4/h5-8,12-14H,9-11H2,1-4H3,(H,19,23). The number of nitrogens with one attached hydrogen (secondary N) is 1. The first kappa shape index (κ1) is 19.3. The lowest BCUT2D eigenvalue weighted by Crippen LogP contribution is -2.24. The topological polar surface area (TPSA) is 69.0 Å². The Bertz CT molecular complexity index is 685. The average Bonchev–Trinajstić information content (AvgIpc) is 3.05. The summed E-state index contributed by atoms with van der Waals surface area (Å²) < 4.78 is 7.66. The third-order valence-electron chi connectivity index (χ3n) is 3.40. The van der Waals surface area contributed by atoms with Crippen LogP contribution in [0.2, 0.25) is 0 Å². The van der Waals surface area contributed by atoms with E-state index in [0.29, 0.717) is 24.8 Å². The third-order valence-corrected chi connectivity index (χ3v) is 4.36. The van der Waals surface area contributed by atoms with Crippen molar-refractivity contribution in [3.05, 3.63) is 36.2 Å². The molecule has 0 aliphatic rings. The molecule has 0 bridgehead atoms. The summed E-state index contributed by atoms with van der Waals surface area (Å²) in [5.74, 6) is 1.60. The van der Waals surface area contributed by atoms with Crippen molar-refractivity contribution in [3.63, 3.8) is 0 Å². The van der Waals surface area contributed by atoms with Crippen LogP contribution in [0.3, 0.4) is 0 Å². The van der Waals surface area contributed by atoms with Crippen LogP contribution in [0.1, 0.15) is 39.3 Å². The summed E-state index contributed by atoms with van der Waals surface area (Å²) in [5, 5.41) is 11.6. The summed E-state index contributed by atoms with van der Waals surface area (Å²) in [6.07, 6.45) is 1.69. The highest BCUT2D eigenvalue weighted by Gasteiger charge is 2.10. The van der Waals surface area contributed by atoms with Crippen LogP contribution >= 0.6 is 11.8 Å². The van der Waals surface area contributed by atoms with Crippen LogP contribution in [0, 0.1) is 5.92 Å². The second-order valence-electron chi connectivity index (χ2n) is 6.53. The summed E-state index contributed by atoms with van der Waals surface area (Å²) >= 11 is 1.39. The lowest BCUT2D eigenvalue weighted by Gasteiger charge is -2.11. The molecular formula is C18H26N4O2S. The molecule has 1 amide bonds. The fraction of sp³-hybridized carbons (Fsp3) is 0.500. The molecular weight excluding hydrogens is 336 g/mol. The number of aromatic nitrogens is 3. The molecule has 0 fully saturated rings. The van der Waals surface area contributed by atoms with Gasteiger partial charge in [-0.15, -0.1) is 10.2 Å². The summed E-state index contributed by atoms with van der Waals surface area (Å²) in [7, 11) is 0. The molecule has 6 nitrogen and oxygen atoms in total. The van der Waals surface area contributed by atoms with E-state index >= 15 is 0 Å². The number of carbonyl (C=O) groups is 1. The molecule has 1 N–H and O–H groups in total. The molecule has 0 unspecified atom stereocenters. The van der Waals surface area contributed by atoms with Crippen LogP contribution in [0.4, 0.5) is 0 Å². The summed E-state index contributed by atoms with van der Waals surface area (Å²) in [6, 6.07) is 8.09. The minimum absolute atomic E-state index is 0.0307. The number of rotatable bonds is 9. The Morgan fingerprint density at radius 2 is 2.12 bits per heavy atom. The minimum atomic E-state index is -0.0307. The Morgan fingerprint density at radius 3 is 2.84 bits per heavy atom. The molecule has 0 aliphatic heterocycles.